The minimum absolute atomic E-state index is 0.0578. The maximum absolute atomic E-state index is 13.8. The number of amides is 2. The number of para-hydroxylation sites is 4. The highest BCUT2D eigenvalue weighted by molar-refractivity contribution is 7.99. The molecule has 0 saturated carbocycles. The van der Waals surface area contributed by atoms with Gasteiger partial charge in [0.1, 0.15) is 6.04 Å². The topological polar surface area (TPSA) is 67.2 Å². The second-order valence-corrected chi connectivity index (χ2v) is 7.85. The Kier molecular flexibility index (Phi) is 5.80. The molecule has 12 heteroatoms. The highest BCUT2D eigenvalue weighted by atomic mass is 32.2. The lowest BCUT2D eigenvalue weighted by Crippen LogP contribution is -2.50. The molecule has 0 saturated heterocycles. The number of rotatable bonds is 4. The van der Waals surface area contributed by atoms with Gasteiger partial charge in [-0.05, 0) is 24.3 Å². The van der Waals surface area contributed by atoms with Gasteiger partial charge in [0, 0.05) is 0 Å². The quantitative estimate of drug-likeness (QED) is 0.438. The van der Waals surface area contributed by atoms with Crippen molar-refractivity contribution in [2.24, 2.45) is 0 Å². The van der Waals surface area contributed by atoms with Crippen LogP contribution in [0.15, 0.2) is 53.7 Å². The van der Waals surface area contributed by atoms with E-state index < -0.39 is 42.8 Å². The van der Waals surface area contributed by atoms with Crippen LogP contribution in [0.3, 0.4) is 0 Å². The van der Waals surface area contributed by atoms with E-state index in [-0.39, 0.29) is 27.6 Å². The Bertz CT molecular complexity index is 1180. The molecule has 6 nitrogen and oxygen atoms in total. The predicted octanol–water partition coefficient (Wildman–Crippen LogP) is 4.83. The van der Waals surface area contributed by atoms with Gasteiger partial charge in [0.2, 0.25) is 11.8 Å². The van der Waals surface area contributed by atoms with Gasteiger partial charge in [0.15, 0.2) is 5.16 Å². The number of nitrogens with one attached hydrogen (secondary N) is 1. The van der Waals surface area contributed by atoms with Crippen molar-refractivity contribution in [1.82, 2.24) is 9.55 Å². The lowest BCUT2D eigenvalue weighted by Gasteiger charge is -2.31. The fourth-order valence-corrected chi connectivity index (χ4v) is 4.38. The van der Waals surface area contributed by atoms with Gasteiger partial charge in [0.25, 0.3) is 0 Å². The van der Waals surface area contributed by atoms with Crippen molar-refractivity contribution < 1.29 is 31.5 Å². The van der Waals surface area contributed by atoms with E-state index >= 15 is 0 Å². The van der Waals surface area contributed by atoms with E-state index in [1.165, 1.54) is 36.4 Å². The summed E-state index contributed by atoms with van der Waals surface area (Å²) in [5.74, 6) is -2.47. The van der Waals surface area contributed by atoms with Crippen molar-refractivity contribution in [1.29, 1.82) is 0 Å². The van der Waals surface area contributed by atoms with Crippen LogP contribution < -0.4 is 10.2 Å². The minimum Gasteiger partial charge on any atom is -0.324 e. The Morgan fingerprint density at radius 2 is 1.84 bits per heavy atom. The molecule has 3 aromatic rings. The van der Waals surface area contributed by atoms with E-state index in [0.29, 0.717) is 21.2 Å². The largest absolute Gasteiger partial charge is 0.409 e. The van der Waals surface area contributed by atoms with Crippen LogP contribution in [0, 0.1) is 0 Å². The molecule has 0 radical (unpaired) electrons. The highest BCUT2D eigenvalue weighted by Crippen LogP contribution is 2.38. The van der Waals surface area contributed by atoms with E-state index in [4.69, 9.17) is 0 Å². The molecule has 1 unspecified atom stereocenters. The van der Waals surface area contributed by atoms with Crippen molar-refractivity contribution in [3.05, 3.63) is 48.5 Å². The molecule has 0 aliphatic carbocycles. The minimum atomic E-state index is -4.88. The highest BCUT2D eigenvalue weighted by Gasteiger charge is 2.49. The van der Waals surface area contributed by atoms with Gasteiger partial charge in [-0.25, -0.2) is 4.98 Å². The maximum Gasteiger partial charge on any atom is 0.409 e. The Balaban J connectivity index is 1.68. The molecule has 2 aromatic carbocycles. The van der Waals surface area contributed by atoms with Crippen molar-refractivity contribution in [3.63, 3.8) is 0 Å². The summed E-state index contributed by atoms with van der Waals surface area (Å²) < 4.78 is 69.2. The molecule has 0 bridgehead atoms. The maximum atomic E-state index is 13.8. The number of carbonyl (C=O) groups is 2. The summed E-state index contributed by atoms with van der Waals surface area (Å²) >= 11 is 0.606. The molecule has 1 atom stereocenters. The lowest BCUT2D eigenvalue weighted by atomic mass is 10.1. The number of anilines is 2. The molecule has 168 valence electrons. The Morgan fingerprint density at radius 3 is 2.56 bits per heavy atom. The van der Waals surface area contributed by atoms with Gasteiger partial charge in [-0.3, -0.25) is 19.1 Å². The van der Waals surface area contributed by atoms with Gasteiger partial charge >= 0.3 is 12.7 Å². The number of nitrogens with zero attached hydrogens (tertiary/aromatic N) is 3. The predicted molar refractivity (Wildman–Crippen MR) is 109 cm³/mol. The number of benzene rings is 2. The van der Waals surface area contributed by atoms with Crippen LogP contribution in [0.5, 0.6) is 0 Å². The van der Waals surface area contributed by atoms with E-state index in [0.717, 1.165) is 0 Å². The zero-order valence-corrected chi connectivity index (χ0v) is 17.0. The van der Waals surface area contributed by atoms with E-state index in [1.54, 1.807) is 12.1 Å². The van der Waals surface area contributed by atoms with E-state index in [9.17, 15) is 31.5 Å². The number of imidazole rings is 1. The number of hydrogen-bond acceptors (Lipinski definition) is 4. The van der Waals surface area contributed by atoms with Gasteiger partial charge in [-0.15, -0.1) is 0 Å². The van der Waals surface area contributed by atoms with Gasteiger partial charge < -0.3 is 5.32 Å². The molecule has 2 heterocycles. The fraction of sp³-hybridized carbons (Fsp3) is 0.250. The zero-order valence-electron chi connectivity index (χ0n) is 16.1. The van der Waals surface area contributed by atoms with Crippen molar-refractivity contribution in [3.8, 4) is 0 Å². The van der Waals surface area contributed by atoms with E-state index in [1.807, 2.05) is 0 Å². The molecule has 32 heavy (non-hydrogen) atoms. The van der Waals surface area contributed by atoms with Crippen molar-refractivity contribution in [2.45, 2.75) is 30.3 Å². The van der Waals surface area contributed by atoms with Crippen LogP contribution in [-0.2, 0) is 9.59 Å². The molecule has 0 spiro atoms. The number of hydrogen-bond donors (Lipinski definition) is 1. The molecular weight excluding hydrogens is 455 g/mol. The summed E-state index contributed by atoms with van der Waals surface area (Å²) in [4.78, 5) is 29.6. The average molecular weight is 470 g/mol. The first-order valence-corrected chi connectivity index (χ1v) is 10.3. The first-order chi connectivity index (χ1) is 15.2. The molecule has 1 aliphatic rings. The van der Waals surface area contributed by atoms with Crippen molar-refractivity contribution in [2.75, 3.05) is 16.0 Å². The fourth-order valence-electron chi connectivity index (χ4n) is 3.50. The third-order valence-corrected chi connectivity index (χ3v) is 5.80. The Morgan fingerprint density at radius 1 is 1.16 bits per heavy atom. The summed E-state index contributed by atoms with van der Waals surface area (Å²) in [6.07, 6.45) is -5.87. The van der Waals surface area contributed by atoms with Gasteiger partial charge in [-0.1, -0.05) is 36.0 Å². The summed E-state index contributed by atoms with van der Waals surface area (Å²) in [7, 11) is 0. The monoisotopic (exact) mass is 470 g/mol. The molecule has 1 aliphatic heterocycles. The normalized spacial score (nSPS) is 16.8. The molecule has 4 rings (SSSR count). The average Bonchev–Trinajstić information content (AvgIpc) is 3.02. The van der Waals surface area contributed by atoms with E-state index in [2.05, 4.69) is 10.3 Å². The third kappa shape index (κ3) is 4.14. The van der Waals surface area contributed by atoms with Crippen LogP contribution >= 0.6 is 11.8 Å². The number of aromatic nitrogens is 2. The second kappa shape index (κ2) is 8.41. The number of alkyl halides is 5. The standard InChI is InChI=1S/C20H15F5N4O2S/c21-18(22)29-14-8-4-2-6-12(14)27-19(29)32-10-17(31)28-13-7-3-1-5-11(13)26-16(30)9-15(28)20(23,24)25/h1-8,15,18H,9-10H2,(H,26,30). The van der Waals surface area contributed by atoms with Crippen LogP contribution in [0.1, 0.15) is 13.0 Å². The first-order valence-electron chi connectivity index (χ1n) is 9.32. The number of fused-ring (bicyclic) bond motifs is 2. The van der Waals surface area contributed by atoms with Crippen LogP contribution in [0.2, 0.25) is 0 Å². The number of carbonyl (C=O) groups excluding carboxylic acids is 2. The van der Waals surface area contributed by atoms with Crippen molar-refractivity contribution >= 4 is 46.0 Å². The molecule has 1 N–H and O–H groups in total. The molecular formula is C20H15F5N4O2S. The molecule has 1 aromatic heterocycles. The molecule has 2 amide bonds. The van der Waals surface area contributed by atoms with Crippen LogP contribution in [0.25, 0.3) is 11.0 Å². The smallest absolute Gasteiger partial charge is 0.324 e. The first kappa shape index (κ1) is 22.1. The van der Waals surface area contributed by atoms with Gasteiger partial charge in [0.05, 0.1) is 34.6 Å². The third-order valence-electron chi connectivity index (χ3n) is 4.86. The summed E-state index contributed by atoms with van der Waals surface area (Å²) in [6, 6.07) is 9.33. The Labute approximate surface area is 182 Å². The summed E-state index contributed by atoms with van der Waals surface area (Å²) in [5, 5.41) is 2.17. The lowest BCUT2D eigenvalue weighted by molar-refractivity contribution is -0.157. The van der Waals surface area contributed by atoms with Crippen LogP contribution in [-0.4, -0.2) is 39.3 Å². The molecule has 0 fully saturated rings. The second-order valence-electron chi connectivity index (χ2n) is 6.91. The number of halogens is 5. The zero-order chi connectivity index (χ0) is 23.0. The van der Waals surface area contributed by atoms with Gasteiger partial charge in [-0.2, -0.15) is 22.0 Å². The Hall–Kier alpha value is -3.15. The summed E-state index contributed by atoms with van der Waals surface area (Å²) in [6.45, 7) is -2.95. The SMILES string of the molecule is O=C1CC(C(F)(F)F)N(C(=O)CSc2nc3ccccc3n2C(F)F)c2ccccc2N1. The van der Waals surface area contributed by atoms with Crippen LogP contribution in [0.4, 0.5) is 33.3 Å². The summed E-state index contributed by atoms with van der Waals surface area (Å²) in [5.41, 5.74) is 0.349. The number of thioether (sulfide) groups is 1.